The lowest BCUT2D eigenvalue weighted by Gasteiger charge is -2.31. The van der Waals surface area contributed by atoms with Crippen LogP contribution in [0.4, 0.5) is 0 Å². The van der Waals surface area contributed by atoms with Gasteiger partial charge in [-0.3, -0.25) is 4.90 Å². The first kappa shape index (κ1) is 22.1. The minimum Gasteiger partial charge on any atom is -0.496 e. The average Bonchev–Trinajstić information content (AvgIpc) is 2.76. The van der Waals surface area contributed by atoms with E-state index in [9.17, 15) is 0 Å². The van der Waals surface area contributed by atoms with E-state index < -0.39 is 0 Å². The summed E-state index contributed by atoms with van der Waals surface area (Å²) in [5.74, 6) is 1.68. The number of guanidine groups is 1. The average molecular weight is 411 g/mol. The van der Waals surface area contributed by atoms with Crippen molar-refractivity contribution >= 4 is 5.96 Å². The maximum Gasteiger partial charge on any atom is 0.191 e. The SMILES string of the molecule is CCNC(=NCc1cccc(CN2CCOC(C)C2)c1)NCc1ccccc1OC. The van der Waals surface area contributed by atoms with Crippen LogP contribution in [0.5, 0.6) is 5.75 Å². The van der Waals surface area contributed by atoms with Gasteiger partial charge in [-0.25, -0.2) is 4.99 Å². The molecule has 0 spiro atoms. The molecule has 2 aromatic carbocycles. The van der Waals surface area contributed by atoms with Crippen LogP contribution in [0.25, 0.3) is 0 Å². The molecule has 2 aromatic rings. The lowest BCUT2D eigenvalue weighted by molar-refractivity contribution is -0.0212. The van der Waals surface area contributed by atoms with E-state index in [-0.39, 0.29) is 0 Å². The number of hydrogen-bond donors (Lipinski definition) is 2. The minimum atomic E-state index is 0.309. The van der Waals surface area contributed by atoms with Crippen LogP contribution >= 0.6 is 0 Å². The van der Waals surface area contributed by atoms with Crippen molar-refractivity contribution in [2.75, 3.05) is 33.4 Å². The Morgan fingerprint density at radius 2 is 2.00 bits per heavy atom. The molecule has 1 heterocycles. The molecule has 6 nitrogen and oxygen atoms in total. The van der Waals surface area contributed by atoms with Gasteiger partial charge >= 0.3 is 0 Å². The fraction of sp³-hybridized carbons (Fsp3) is 0.458. The number of methoxy groups -OCH3 is 1. The Hall–Kier alpha value is -2.57. The summed E-state index contributed by atoms with van der Waals surface area (Å²) in [4.78, 5) is 7.23. The van der Waals surface area contributed by atoms with Gasteiger partial charge in [-0.1, -0.05) is 42.5 Å². The van der Waals surface area contributed by atoms with E-state index in [1.54, 1.807) is 7.11 Å². The van der Waals surface area contributed by atoms with E-state index >= 15 is 0 Å². The van der Waals surface area contributed by atoms with Crippen molar-refractivity contribution in [3.8, 4) is 5.75 Å². The third-order valence-electron chi connectivity index (χ3n) is 5.13. The Bertz CT molecular complexity index is 824. The second kappa shape index (κ2) is 11.6. The largest absolute Gasteiger partial charge is 0.496 e. The Balaban J connectivity index is 1.60. The first-order valence-electron chi connectivity index (χ1n) is 10.7. The van der Waals surface area contributed by atoms with Gasteiger partial charge in [0.25, 0.3) is 0 Å². The molecule has 0 radical (unpaired) electrons. The summed E-state index contributed by atoms with van der Waals surface area (Å²) in [6, 6.07) is 16.7. The normalized spacial score (nSPS) is 17.6. The van der Waals surface area contributed by atoms with E-state index in [0.717, 1.165) is 50.1 Å². The molecule has 6 heteroatoms. The molecule has 1 atom stereocenters. The summed E-state index contributed by atoms with van der Waals surface area (Å²) >= 11 is 0. The van der Waals surface area contributed by atoms with Crippen LogP contribution < -0.4 is 15.4 Å². The van der Waals surface area contributed by atoms with Crippen LogP contribution in [0.15, 0.2) is 53.5 Å². The van der Waals surface area contributed by atoms with E-state index in [2.05, 4.69) is 59.7 Å². The van der Waals surface area contributed by atoms with Crippen LogP contribution in [-0.4, -0.2) is 50.3 Å². The number of nitrogens with one attached hydrogen (secondary N) is 2. The number of hydrogen-bond acceptors (Lipinski definition) is 4. The van der Waals surface area contributed by atoms with E-state index in [1.165, 1.54) is 11.1 Å². The molecular formula is C24H34N4O2. The number of benzene rings is 2. The summed E-state index contributed by atoms with van der Waals surface area (Å²) in [7, 11) is 1.70. The molecule has 0 aliphatic carbocycles. The fourth-order valence-electron chi connectivity index (χ4n) is 3.66. The number of ether oxygens (including phenoxy) is 2. The highest BCUT2D eigenvalue weighted by Crippen LogP contribution is 2.17. The molecule has 0 saturated carbocycles. The summed E-state index contributed by atoms with van der Waals surface area (Å²) < 4.78 is 11.1. The van der Waals surface area contributed by atoms with Gasteiger partial charge in [0, 0.05) is 38.3 Å². The number of morpholine rings is 1. The van der Waals surface area contributed by atoms with Gasteiger partial charge in [0.2, 0.25) is 0 Å². The van der Waals surface area contributed by atoms with Crippen molar-refractivity contribution < 1.29 is 9.47 Å². The molecule has 1 aliphatic heterocycles. The zero-order valence-corrected chi connectivity index (χ0v) is 18.4. The van der Waals surface area contributed by atoms with Gasteiger partial charge in [0.1, 0.15) is 5.75 Å². The number of nitrogens with zero attached hydrogens (tertiary/aromatic N) is 2. The molecule has 1 fully saturated rings. The zero-order chi connectivity index (χ0) is 21.2. The van der Waals surface area contributed by atoms with Gasteiger partial charge in [-0.2, -0.15) is 0 Å². The van der Waals surface area contributed by atoms with Crippen molar-refractivity contribution in [3.05, 3.63) is 65.2 Å². The highest BCUT2D eigenvalue weighted by Gasteiger charge is 2.16. The summed E-state index contributed by atoms with van der Waals surface area (Å²) in [5, 5.41) is 6.73. The Labute approximate surface area is 180 Å². The predicted molar refractivity (Wildman–Crippen MR) is 122 cm³/mol. The Morgan fingerprint density at radius 1 is 1.17 bits per heavy atom. The molecule has 3 rings (SSSR count). The topological polar surface area (TPSA) is 58.1 Å². The zero-order valence-electron chi connectivity index (χ0n) is 18.4. The first-order chi connectivity index (χ1) is 14.7. The Morgan fingerprint density at radius 3 is 2.80 bits per heavy atom. The number of aliphatic imine (C=N–C) groups is 1. The molecule has 30 heavy (non-hydrogen) atoms. The third kappa shape index (κ3) is 6.75. The second-order valence-electron chi connectivity index (χ2n) is 7.60. The molecule has 0 bridgehead atoms. The van der Waals surface area contributed by atoms with Gasteiger partial charge in [0.05, 0.1) is 26.4 Å². The number of para-hydroxylation sites is 1. The van der Waals surface area contributed by atoms with E-state index in [0.29, 0.717) is 19.2 Å². The second-order valence-corrected chi connectivity index (χ2v) is 7.60. The van der Waals surface area contributed by atoms with Crippen molar-refractivity contribution in [2.45, 2.75) is 39.6 Å². The van der Waals surface area contributed by atoms with Crippen molar-refractivity contribution in [1.82, 2.24) is 15.5 Å². The third-order valence-corrected chi connectivity index (χ3v) is 5.13. The summed E-state index contributed by atoms with van der Waals surface area (Å²) in [6.45, 7) is 10.1. The quantitative estimate of drug-likeness (QED) is 0.517. The molecule has 1 unspecified atom stereocenters. The molecule has 0 aromatic heterocycles. The standard InChI is InChI=1S/C24H34N4O2/c1-4-25-24(27-16-22-10-5-6-11-23(22)29-3)26-15-20-8-7-9-21(14-20)18-28-12-13-30-19(2)17-28/h5-11,14,19H,4,12-13,15-18H2,1-3H3,(H2,25,26,27). The summed E-state index contributed by atoms with van der Waals surface area (Å²) in [6.07, 6.45) is 0.309. The van der Waals surface area contributed by atoms with Crippen molar-refractivity contribution in [2.24, 2.45) is 4.99 Å². The van der Waals surface area contributed by atoms with Crippen molar-refractivity contribution in [3.63, 3.8) is 0 Å². The van der Waals surface area contributed by atoms with Gasteiger partial charge < -0.3 is 20.1 Å². The van der Waals surface area contributed by atoms with Crippen LogP contribution in [0, 0.1) is 0 Å². The van der Waals surface area contributed by atoms with Gasteiger partial charge in [0.15, 0.2) is 5.96 Å². The van der Waals surface area contributed by atoms with E-state index in [1.807, 2.05) is 18.2 Å². The maximum absolute atomic E-state index is 5.65. The lowest BCUT2D eigenvalue weighted by atomic mass is 10.1. The minimum absolute atomic E-state index is 0.309. The van der Waals surface area contributed by atoms with E-state index in [4.69, 9.17) is 14.5 Å². The fourth-order valence-corrected chi connectivity index (χ4v) is 3.66. The molecule has 0 amide bonds. The highest BCUT2D eigenvalue weighted by molar-refractivity contribution is 5.79. The van der Waals surface area contributed by atoms with Crippen molar-refractivity contribution in [1.29, 1.82) is 0 Å². The Kier molecular flexibility index (Phi) is 8.53. The molecule has 162 valence electrons. The lowest BCUT2D eigenvalue weighted by Crippen LogP contribution is -2.40. The monoisotopic (exact) mass is 410 g/mol. The van der Waals surface area contributed by atoms with Gasteiger partial charge in [-0.15, -0.1) is 0 Å². The molecular weight excluding hydrogens is 376 g/mol. The van der Waals surface area contributed by atoms with Crippen LogP contribution in [0.1, 0.15) is 30.5 Å². The summed E-state index contributed by atoms with van der Waals surface area (Å²) in [5.41, 5.74) is 3.64. The van der Waals surface area contributed by atoms with Crippen LogP contribution in [0.2, 0.25) is 0 Å². The number of rotatable bonds is 8. The van der Waals surface area contributed by atoms with Crippen LogP contribution in [0.3, 0.4) is 0 Å². The first-order valence-corrected chi connectivity index (χ1v) is 10.7. The predicted octanol–water partition coefficient (Wildman–Crippen LogP) is 3.17. The highest BCUT2D eigenvalue weighted by atomic mass is 16.5. The van der Waals surface area contributed by atoms with Gasteiger partial charge in [-0.05, 0) is 31.0 Å². The maximum atomic E-state index is 5.65. The van der Waals surface area contributed by atoms with Crippen LogP contribution in [-0.2, 0) is 24.4 Å². The molecule has 2 N–H and O–H groups in total. The molecule has 1 saturated heterocycles. The smallest absolute Gasteiger partial charge is 0.191 e. The molecule has 1 aliphatic rings.